The molecule has 0 saturated carbocycles. The van der Waals surface area contributed by atoms with Gasteiger partial charge in [-0.1, -0.05) is 29.8 Å². The van der Waals surface area contributed by atoms with Gasteiger partial charge in [0.15, 0.2) is 0 Å². The molecule has 1 aromatic heterocycles. The van der Waals surface area contributed by atoms with Crippen molar-refractivity contribution in [3.63, 3.8) is 0 Å². The quantitative estimate of drug-likeness (QED) is 0.768. The third-order valence-electron chi connectivity index (χ3n) is 3.75. The highest BCUT2D eigenvalue weighted by atomic mass is 16.5. The van der Waals surface area contributed by atoms with Crippen LogP contribution in [-0.2, 0) is 6.42 Å². The molecule has 0 unspecified atom stereocenters. The molecule has 1 heterocycles. The number of hydrogen-bond donors (Lipinski definition) is 1. The van der Waals surface area contributed by atoms with Crippen LogP contribution in [0, 0.1) is 6.92 Å². The molecule has 4 nitrogen and oxygen atoms in total. The first-order valence-corrected chi connectivity index (χ1v) is 7.95. The van der Waals surface area contributed by atoms with Crippen molar-refractivity contribution in [3.8, 4) is 11.4 Å². The minimum Gasteiger partial charge on any atom is -0.410 e. The van der Waals surface area contributed by atoms with Crippen LogP contribution >= 0.6 is 0 Å². The maximum Gasteiger partial charge on any atom is 0.412 e. The van der Waals surface area contributed by atoms with Crippen LogP contribution in [0.5, 0.6) is 5.75 Å². The normalized spacial score (nSPS) is 10.4. The summed E-state index contributed by atoms with van der Waals surface area (Å²) in [5, 5.41) is 2.77. The van der Waals surface area contributed by atoms with Crippen LogP contribution in [-0.4, -0.2) is 17.2 Å². The zero-order chi connectivity index (χ0) is 16.8. The largest absolute Gasteiger partial charge is 0.412 e. The predicted octanol–water partition coefficient (Wildman–Crippen LogP) is 4.12. The Morgan fingerprint density at radius 1 is 1.00 bits per heavy atom. The molecule has 1 amide bonds. The number of rotatable bonds is 5. The molecular formula is C20H20N2O2. The third-order valence-corrected chi connectivity index (χ3v) is 3.75. The second-order valence-electron chi connectivity index (χ2n) is 5.64. The smallest absolute Gasteiger partial charge is 0.410 e. The highest BCUT2D eigenvalue weighted by Crippen LogP contribution is 2.15. The van der Waals surface area contributed by atoms with Crippen molar-refractivity contribution in [2.24, 2.45) is 0 Å². The summed E-state index contributed by atoms with van der Waals surface area (Å²) in [7, 11) is 0. The predicted molar refractivity (Wildman–Crippen MR) is 94.7 cm³/mol. The van der Waals surface area contributed by atoms with Crippen LogP contribution in [0.2, 0.25) is 0 Å². The number of ether oxygens (including phenoxy) is 1. The summed E-state index contributed by atoms with van der Waals surface area (Å²) < 4.78 is 7.28. The lowest BCUT2D eigenvalue weighted by atomic mass is 10.1. The number of hydrogen-bond acceptors (Lipinski definition) is 2. The summed E-state index contributed by atoms with van der Waals surface area (Å²) in [6.45, 7) is 2.60. The summed E-state index contributed by atoms with van der Waals surface area (Å²) in [6, 6.07) is 19.6. The Balaban J connectivity index is 1.47. The number of nitrogens with zero attached hydrogens (tertiary/aromatic N) is 1. The van der Waals surface area contributed by atoms with Crippen molar-refractivity contribution in [1.29, 1.82) is 0 Å². The van der Waals surface area contributed by atoms with Gasteiger partial charge in [-0.25, -0.2) is 4.79 Å². The number of benzene rings is 2. The molecule has 0 radical (unpaired) electrons. The lowest BCUT2D eigenvalue weighted by Crippen LogP contribution is -2.28. The van der Waals surface area contributed by atoms with Gasteiger partial charge in [-0.3, -0.25) is 0 Å². The Kier molecular flexibility index (Phi) is 4.96. The number of aromatic nitrogens is 1. The SMILES string of the molecule is Cc1ccc(CCNC(=O)Oc2ccc(-n3cccc3)cc2)cc1. The fourth-order valence-electron chi connectivity index (χ4n) is 2.40. The molecule has 0 aliphatic carbocycles. The van der Waals surface area contributed by atoms with E-state index in [1.165, 1.54) is 11.1 Å². The molecule has 0 aliphatic rings. The molecule has 0 bridgehead atoms. The van der Waals surface area contributed by atoms with Gasteiger partial charge >= 0.3 is 6.09 Å². The first kappa shape index (κ1) is 15.9. The van der Waals surface area contributed by atoms with Crippen molar-refractivity contribution < 1.29 is 9.53 Å². The molecule has 4 heteroatoms. The van der Waals surface area contributed by atoms with Gasteiger partial charge in [0.25, 0.3) is 0 Å². The molecule has 24 heavy (non-hydrogen) atoms. The first-order valence-electron chi connectivity index (χ1n) is 7.95. The lowest BCUT2D eigenvalue weighted by Gasteiger charge is -2.08. The molecule has 0 spiro atoms. The Bertz CT molecular complexity index is 776. The summed E-state index contributed by atoms with van der Waals surface area (Å²) in [5.41, 5.74) is 3.44. The van der Waals surface area contributed by atoms with Crippen LogP contribution in [0.4, 0.5) is 4.79 Å². The van der Waals surface area contributed by atoms with E-state index in [2.05, 4.69) is 36.5 Å². The zero-order valence-corrected chi connectivity index (χ0v) is 13.6. The molecule has 0 aliphatic heterocycles. The van der Waals surface area contributed by atoms with E-state index in [-0.39, 0.29) is 0 Å². The van der Waals surface area contributed by atoms with Gasteiger partial charge in [0.1, 0.15) is 5.75 Å². The van der Waals surface area contributed by atoms with Crippen LogP contribution in [0.1, 0.15) is 11.1 Å². The van der Waals surface area contributed by atoms with Gasteiger partial charge in [-0.2, -0.15) is 0 Å². The minimum atomic E-state index is -0.434. The fourth-order valence-corrected chi connectivity index (χ4v) is 2.40. The van der Waals surface area contributed by atoms with E-state index < -0.39 is 6.09 Å². The highest BCUT2D eigenvalue weighted by Gasteiger charge is 2.04. The maximum absolute atomic E-state index is 11.8. The monoisotopic (exact) mass is 320 g/mol. The fraction of sp³-hybridized carbons (Fsp3) is 0.150. The third kappa shape index (κ3) is 4.26. The van der Waals surface area contributed by atoms with Gasteiger partial charge in [-0.15, -0.1) is 0 Å². The van der Waals surface area contributed by atoms with E-state index in [1.807, 2.05) is 41.2 Å². The van der Waals surface area contributed by atoms with Crippen molar-refractivity contribution in [1.82, 2.24) is 9.88 Å². The van der Waals surface area contributed by atoms with Crippen molar-refractivity contribution in [2.75, 3.05) is 6.54 Å². The molecule has 0 fully saturated rings. The van der Waals surface area contributed by atoms with Crippen molar-refractivity contribution >= 4 is 6.09 Å². The van der Waals surface area contributed by atoms with E-state index in [9.17, 15) is 4.79 Å². The van der Waals surface area contributed by atoms with E-state index in [1.54, 1.807) is 12.1 Å². The standard InChI is InChI=1S/C20H20N2O2/c1-16-4-6-17(7-5-16)12-13-21-20(23)24-19-10-8-18(9-11-19)22-14-2-3-15-22/h2-11,14-15H,12-13H2,1H3,(H,21,23). The number of carbonyl (C=O) groups excluding carboxylic acids is 1. The number of amides is 1. The number of aryl methyl sites for hydroxylation is 1. The van der Waals surface area contributed by atoms with Crippen LogP contribution in [0.3, 0.4) is 0 Å². The molecule has 0 atom stereocenters. The van der Waals surface area contributed by atoms with Crippen LogP contribution < -0.4 is 10.1 Å². The Labute approximate surface area is 141 Å². The van der Waals surface area contributed by atoms with E-state index in [4.69, 9.17) is 4.74 Å². The average molecular weight is 320 g/mol. The second-order valence-corrected chi connectivity index (χ2v) is 5.64. The van der Waals surface area contributed by atoms with Gasteiger partial charge in [0.2, 0.25) is 0 Å². The van der Waals surface area contributed by atoms with Crippen LogP contribution in [0.15, 0.2) is 73.1 Å². The molecular weight excluding hydrogens is 300 g/mol. The van der Waals surface area contributed by atoms with E-state index in [0.29, 0.717) is 12.3 Å². The summed E-state index contributed by atoms with van der Waals surface area (Å²) in [5.74, 6) is 0.527. The molecule has 3 aromatic rings. The molecule has 2 aromatic carbocycles. The Morgan fingerprint density at radius 3 is 2.33 bits per heavy atom. The lowest BCUT2D eigenvalue weighted by molar-refractivity contribution is 0.200. The number of carbonyl (C=O) groups is 1. The highest BCUT2D eigenvalue weighted by molar-refractivity contribution is 5.70. The van der Waals surface area contributed by atoms with Crippen molar-refractivity contribution in [2.45, 2.75) is 13.3 Å². The molecule has 0 saturated heterocycles. The first-order chi connectivity index (χ1) is 11.7. The van der Waals surface area contributed by atoms with Gasteiger partial charge in [0, 0.05) is 24.6 Å². The van der Waals surface area contributed by atoms with Gasteiger partial charge < -0.3 is 14.6 Å². The topological polar surface area (TPSA) is 43.3 Å². The molecule has 1 N–H and O–H groups in total. The van der Waals surface area contributed by atoms with E-state index in [0.717, 1.165) is 12.1 Å². The Hall–Kier alpha value is -3.01. The summed E-state index contributed by atoms with van der Waals surface area (Å²) in [6.07, 6.45) is 4.28. The Morgan fingerprint density at radius 2 is 1.67 bits per heavy atom. The second kappa shape index (κ2) is 7.51. The minimum absolute atomic E-state index is 0.434. The van der Waals surface area contributed by atoms with E-state index >= 15 is 0 Å². The van der Waals surface area contributed by atoms with Gasteiger partial charge in [-0.05, 0) is 55.3 Å². The van der Waals surface area contributed by atoms with Gasteiger partial charge in [0.05, 0.1) is 0 Å². The molecule has 122 valence electrons. The van der Waals surface area contributed by atoms with Crippen LogP contribution in [0.25, 0.3) is 5.69 Å². The average Bonchev–Trinajstić information content (AvgIpc) is 3.12. The summed E-state index contributed by atoms with van der Waals surface area (Å²) >= 11 is 0. The zero-order valence-electron chi connectivity index (χ0n) is 13.6. The summed E-state index contributed by atoms with van der Waals surface area (Å²) in [4.78, 5) is 11.8. The van der Waals surface area contributed by atoms with Crippen molar-refractivity contribution in [3.05, 3.63) is 84.2 Å². The molecule has 3 rings (SSSR count). The maximum atomic E-state index is 11.8. The number of nitrogens with one attached hydrogen (secondary N) is 1.